The number of allylic oxidation sites excluding steroid dienone is 2. The number of nitrogens with zero attached hydrogens (tertiary/aromatic N) is 3. The number of hydrogen-bond donors (Lipinski definition) is 0. The van der Waals surface area contributed by atoms with E-state index in [4.69, 9.17) is 13.3 Å². The number of hydrogen-bond acceptors (Lipinski definition) is 6. The molecule has 0 atom stereocenters. The molecule has 27 heavy (non-hydrogen) atoms. The molecule has 1 rings (SSSR count). The lowest BCUT2D eigenvalue weighted by molar-refractivity contribution is 0.0699. The first-order chi connectivity index (χ1) is 12.9. The maximum absolute atomic E-state index is 12.7. The van der Waals surface area contributed by atoms with Gasteiger partial charge >= 0.3 is 25.9 Å². The van der Waals surface area contributed by atoms with Crippen molar-refractivity contribution in [1.29, 1.82) is 0 Å². The highest BCUT2D eigenvalue weighted by Crippen LogP contribution is 2.16. The average molecular weight is 400 g/mol. The van der Waals surface area contributed by atoms with Crippen molar-refractivity contribution in [2.24, 2.45) is 0 Å². The molecule has 0 fully saturated rings. The van der Waals surface area contributed by atoms with Gasteiger partial charge in [0, 0.05) is 32.4 Å². The highest BCUT2D eigenvalue weighted by Gasteiger charge is 2.40. The lowest BCUT2D eigenvalue weighted by Crippen LogP contribution is -2.55. The molecule has 0 unspecified atom stereocenters. The zero-order valence-corrected chi connectivity index (χ0v) is 17.3. The normalized spacial score (nSPS) is 11.5. The fourth-order valence-electron chi connectivity index (χ4n) is 2.69. The minimum atomic E-state index is -3.05. The van der Waals surface area contributed by atoms with E-state index < -0.39 is 25.9 Å². The summed E-state index contributed by atoms with van der Waals surface area (Å²) in [5.41, 5.74) is -2.08. The molecular formula is C17H29N3O6Si. The van der Waals surface area contributed by atoms with Crippen molar-refractivity contribution >= 4 is 8.80 Å². The minimum absolute atomic E-state index is 0.0000406. The summed E-state index contributed by atoms with van der Waals surface area (Å²) in [6.07, 6.45) is 2.85. The summed E-state index contributed by atoms with van der Waals surface area (Å²) in [5, 5.41) is 0. The summed E-state index contributed by atoms with van der Waals surface area (Å²) in [6, 6.07) is 0.234. The molecule has 0 aliphatic rings. The molecule has 0 saturated heterocycles. The Labute approximate surface area is 159 Å². The molecule has 0 spiro atoms. The van der Waals surface area contributed by atoms with Gasteiger partial charge in [0.15, 0.2) is 0 Å². The van der Waals surface area contributed by atoms with E-state index in [0.717, 1.165) is 13.7 Å². The van der Waals surface area contributed by atoms with Gasteiger partial charge in [-0.05, 0) is 20.8 Å². The van der Waals surface area contributed by atoms with Gasteiger partial charge in [0.25, 0.3) is 0 Å². The molecule has 1 aromatic heterocycles. The Morgan fingerprint density at radius 3 is 1.48 bits per heavy atom. The molecule has 0 radical (unpaired) electrons. The van der Waals surface area contributed by atoms with Gasteiger partial charge in [-0.3, -0.25) is 0 Å². The van der Waals surface area contributed by atoms with Gasteiger partial charge in [0.2, 0.25) is 0 Å². The van der Waals surface area contributed by atoms with Gasteiger partial charge in [0.1, 0.15) is 0 Å². The molecule has 1 aromatic rings. The molecule has 9 nitrogen and oxygen atoms in total. The van der Waals surface area contributed by atoms with Gasteiger partial charge in [-0.15, -0.1) is 13.2 Å². The van der Waals surface area contributed by atoms with Crippen molar-refractivity contribution in [2.75, 3.05) is 19.8 Å². The second kappa shape index (κ2) is 11.0. The Hall–Kier alpha value is -2.01. The van der Waals surface area contributed by atoms with E-state index in [-0.39, 0.29) is 25.7 Å². The van der Waals surface area contributed by atoms with Crippen LogP contribution in [-0.2, 0) is 32.9 Å². The Bertz CT molecular complexity index is 745. The molecule has 152 valence electrons. The third kappa shape index (κ3) is 5.48. The van der Waals surface area contributed by atoms with Crippen molar-refractivity contribution in [3.05, 3.63) is 56.8 Å². The topological polar surface area (TPSA) is 93.7 Å². The van der Waals surface area contributed by atoms with Crippen LogP contribution in [0.2, 0.25) is 6.04 Å². The Morgan fingerprint density at radius 1 is 0.778 bits per heavy atom. The molecular weight excluding hydrogens is 370 g/mol. The summed E-state index contributed by atoms with van der Waals surface area (Å²) in [6.45, 7) is 13.8. The summed E-state index contributed by atoms with van der Waals surface area (Å²) in [7, 11) is -3.05. The maximum Gasteiger partial charge on any atom is 0.502 e. The third-order valence-corrected chi connectivity index (χ3v) is 6.76. The quantitative estimate of drug-likeness (QED) is 0.356. The van der Waals surface area contributed by atoms with Crippen molar-refractivity contribution in [3.63, 3.8) is 0 Å². The molecule has 0 amide bonds. The first kappa shape index (κ1) is 23.0. The van der Waals surface area contributed by atoms with E-state index in [1.54, 1.807) is 0 Å². The highest BCUT2D eigenvalue weighted by molar-refractivity contribution is 6.60. The standard InChI is InChI=1S/C17H29N3O6Si/c1-6-11-18-15(21)19(12-7-2)17(23)20(16(18)22)13-14-27(24-8-3,25-9-4)26-10-5/h6-7H,1-2,8-14H2,3-5H3. The van der Waals surface area contributed by atoms with Crippen molar-refractivity contribution in [1.82, 2.24) is 13.7 Å². The van der Waals surface area contributed by atoms with Gasteiger partial charge < -0.3 is 13.3 Å². The average Bonchev–Trinajstić information content (AvgIpc) is 2.63. The lowest BCUT2D eigenvalue weighted by Gasteiger charge is -2.28. The molecule has 0 N–H and O–H groups in total. The summed E-state index contributed by atoms with van der Waals surface area (Å²) < 4.78 is 20.2. The number of aromatic nitrogens is 3. The van der Waals surface area contributed by atoms with Crippen LogP contribution in [0, 0.1) is 0 Å². The second-order valence-corrected chi connectivity index (χ2v) is 8.26. The molecule has 0 saturated carbocycles. The molecule has 0 aliphatic carbocycles. The van der Waals surface area contributed by atoms with E-state index in [9.17, 15) is 14.4 Å². The maximum atomic E-state index is 12.7. The van der Waals surface area contributed by atoms with Crippen molar-refractivity contribution in [2.45, 2.75) is 46.4 Å². The Morgan fingerprint density at radius 2 is 1.15 bits per heavy atom. The lowest BCUT2D eigenvalue weighted by atomic mass is 10.5. The molecule has 0 bridgehead atoms. The fourth-order valence-corrected chi connectivity index (χ4v) is 5.19. The largest absolute Gasteiger partial charge is 0.502 e. The van der Waals surface area contributed by atoms with Crippen molar-refractivity contribution in [3.8, 4) is 0 Å². The van der Waals surface area contributed by atoms with Crippen LogP contribution in [0.25, 0.3) is 0 Å². The summed E-state index contributed by atoms with van der Waals surface area (Å²) in [5.74, 6) is 0. The van der Waals surface area contributed by atoms with Gasteiger partial charge in [-0.25, -0.2) is 28.1 Å². The van der Waals surface area contributed by atoms with E-state index in [1.165, 1.54) is 12.2 Å². The first-order valence-corrected chi connectivity index (χ1v) is 10.9. The second-order valence-electron chi connectivity index (χ2n) is 5.53. The molecule has 1 heterocycles. The van der Waals surface area contributed by atoms with Crippen LogP contribution in [0.4, 0.5) is 0 Å². The Kier molecular flexibility index (Phi) is 9.36. The SMILES string of the molecule is C=CCn1c(=O)n(CC=C)c(=O)n(CC[Si](OCC)(OCC)OCC)c1=O. The summed E-state index contributed by atoms with van der Waals surface area (Å²) >= 11 is 0. The van der Waals surface area contributed by atoms with Crippen LogP contribution in [0.1, 0.15) is 20.8 Å². The van der Waals surface area contributed by atoms with Crippen LogP contribution in [0.5, 0.6) is 0 Å². The van der Waals surface area contributed by atoms with Gasteiger partial charge in [0.05, 0.1) is 13.1 Å². The highest BCUT2D eigenvalue weighted by atomic mass is 28.4. The number of rotatable bonds is 13. The van der Waals surface area contributed by atoms with E-state index in [1.807, 2.05) is 20.8 Å². The smallest absolute Gasteiger partial charge is 0.374 e. The third-order valence-electron chi connectivity index (χ3n) is 3.74. The Balaban J connectivity index is 3.41. The molecule has 10 heteroatoms. The summed E-state index contributed by atoms with van der Waals surface area (Å²) in [4.78, 5) is 37.8. The minimum Gasteiger partial charge on any atom is -0.374 e. The van der Waals surface area contributed by atoms with E-state index in [2.05, 4.69) is 13.2 Å². The molecule has 0 aromatic carbocycles. The van der Waals surface area contributed by atoms with Gasteiger partial charge in [-0.2, -0.15) is 0 Å². The van der Waals surface area contributed by atoms with Crippen LogP contribution < -0.4 is 17.1 Å². The first-order valence-electron chi connectivity index (χ1n) is 8.99. The zero-order chi connectivity index (χ0) is 20.4. The monoisotopic (exact) mass is 399 g/mol. The van der Waals surface area contributed by atoms with Crippen molar-refractivity contribution < 1.29 is 13.3 Å². The predicted octanol–water partition coefficient (Wildman–Crippen LogP) is 0.592. The van der Waals surface area contributed by atoms with Gasteiger partial charge in [-0.1, -0.05) is 12.2 Å². The van der Waals surface area contributed by atoms with Crippen LogP contribution in [0.15, 0.2) is 39.7 Å². The van der Waals surface area contributed by atoms with Crippen LogP contribution in [-0.4, -0.2) is 42.3 Å². The van der Waals surface area contributed by atoms with E-state index in [0.29, 0.717) is 19.8 Å². The van der Waals surface area contributed by atoms with E-state index >= 15 is 0 Å². The zero-order valence-electron chi connectivity index (χ0n) is 16.3. The molecule has 0 aliphatic heterocycles. The predicted molar refractivity (Wildman–Crippen MR) is 105 cm³/mol. The van der Waals surface area contributed by atoms with Crippen LogP contribution in [0.3, 0.4) is 0 Å². The fraction of sp³-hybridized carbons (Fsp3) is 0.588. The van der Waals surface area contributed by atoms with Crippen LogP contribution >= 0.6 is 0 Å².